The zero-order chi connectivity index (χ0) is 11.5. The Bertz CT molecular complexity index is 308. The molecule has 0 fully saturated rings. The van der Waals surface area contributed by atoms with Gasteiger partial charge < -0.3 is 4.90 Å². The van der Waals surface area contributed by atoms with Crippen LogP contribution in [0, 0.1) is 0 Å². The third-order valence-electron chi connectivity index (χ3n) is 2.92. The van der Waals surface area contributed by atoms with Gasteiger partial charge in [-0.1, -0.05) is 6.92 Å². The summed E-state index contributed by atoms with van der Waals surface area (Å²) in [5.74, 6) is 1.21. The quantitative estimate of drug-likeness (QED) is 0.741. The van der Waals surface area contributed by atoms with Crippen LogP contribution in [0.3, 0.4) is 0 Å². The van der Waals surface area contributed by atoms with Gasteiger partial charge in [0.2, 0.25) is 5.95 Å². The second-order valence-corrected chi connectivity index (χ2v) is 4.52. The van der Waals surface area contributed by atoms with Gasteiger partial charge in [0.15, 0.2) is 0 Å². The molecule has 1 rings (SSSR count). The number of aromatic nitrogens is 2. The standard InChI is InChI=1S/C11H18ClN3/c1-5-11(2,3)15(4)10-13-7-9(6-12)8-14-10/h7-8H,5-6H2,1-4H3. The number of rotatable bonds is 4. The fourth-order valence-corrected chi connectivity index (χ4v) is 1.24. The van der Waals surface area contributed by atoms with E-state index in [-0.39, 0.29) is 5.54 Å². The lowest BCUT2D eigenvalue weighted by Gasteiger charge is -2.34. The maximum atomic E-state index is 5.68. The minimum Gasteiger partial charge on any atom is -0.339 e. The minimum absolute atomic E-state index is 0.0719. The molecule has 15 heavy (non-hydrogen) atoms. The summed E-state index contributed by atoms with van der Waals surface area (Å²) in [5.41, 5.74) is 1.02. The first-order valence-electron chi connectivity index (χ1n) is 5.12. The number of anilines is 1. The highest BCUT2D eigenvalue weighted by Crippen LogP contribution is 2.21. The van der Waals surface area contributed by atoms with Crippen LogP contribution >= 0.6 is 11.6 Å². The zero-order valence-corrected chi connectivity index (χ0v) is 10.5. The zero-order valence-electron chi connectivity index (χ0n) is 9.79. The van der Waals surface area contributed by atoms with Gasteiger partial charge in [-0.2, -0.15) is 0 Å². The lowest BCUT2D eigenvalue weighted by Crippen LogP contribution is -2.41. The van der Waals surface area contributed by atoms with Crippen LogP contribution in [0.5, 0.6) is 0 Å². The highest BCUT2D eigenvalue weighted by molar-refractivity contribution is 6.17. The summed E-state index contributed by atoms with van der Waals surface area (Å²) in [4.78, 5) is 10.7. The van der Waals surface area contributed by atoms with Gasteiger partial charge >= 0.3 is 0 Å². The molecule has 0 saturated carbocycles. The molecule has 0 unspecified atom stereocenters. The molecule has 1 aromatic heterocycles. The van der Waals surface area contributed by atoms with Crippen LogP contribution in [0.4, 0.5) is 5.95 Å². The van der Waals surface area contributed by atoms with Crippen molar-refractivity contribution in [1.29, 1.82) is 0 Å². The first-order valence-corrected chi connectivity index (χ1v) is 5.65. The van der Waals surface area contributed by atoms with E-state index >= 15 is 0 Å². The molecular formula is C11H18ClN3. The summed E-state index contributed by atoms with van der Waals surface area (Å²) in [5, 5.41) is 0. The van der Waals surface area contributed by atoms with Crippen molar-refractivity contribution >= 4 is 17.5 Å². The average molecular weight is 228 g/mol. The van der Waals surface area contributed by atoms with Crippen LogP contribution in [-0.4, -0.2) is 22.6 Å². The van der Waals surface area contributed by atoms with Crippen LogP contribution in [0.1, 0.15) is 32.8 Å². The van der Waals surface area contributed by atoms with Crippen LogP contribution in [0.15, 0.2) is 12.4 Å². The maximum Gasteiger partial charge on any atom is 0.225 e. The smallest absolute Gasteiger partial charge is 0.225 e. The monoisotopic (exact) mass is 227 g/mol. The molecule has 0 amide bonds. The molecule has 84 valence electrons. The predicted molar refractivity (Wildman–Crippen MR) is 64.4 cm³/mol. The Morgan fingerprint density at radius 2 is 1.87 bits per heavy atom. The van der Waals surface area contributed by atoms with Crippen LogP contribution < -0.4 is 4.90 Å². The van der Waals surface area contributed by atoms with Crippen LogP contribution in [-0.2, 0) is 5.88 Å². The van der Waals surface area contributed by atoms with Gasteiger partial charge in [0.05, 0.1) is 5.88 Å². The fraction of sp³-hybridized carbons (Fsp3) is 0.636. The Kier molecular flexibility index (Phi) is 3.91. The second-order valence-electron chi connectivity index (χ2n) is 4.25. The minimum atomic E-state index is 0.0719. The van der Waals surface area contributed by atoms with Crippen molar-refractivity contribution in [2.24, 2.45) is 0 Å². The van der Waals surface area contributed by atoms with E-state index < -0.39 is 0 Å². The van der Waals surface area contributed by atoms with Crippen molar-refractivity contribution in [3.63, 3.8) is 0 Å². The molecule has 0 aromatic carbocycles. The molecule has 1 heterocycles. The molecule has 0 aliphatic heterocycles. The van der Waals surface area contributed by atoms with Crippen molar-refractivity contribution in [3.8, 4) is 0 Å². The summed E-state index contributed by atoms with van der Waals surface area (Å²) >= 11 is 5.68. The van der Waals surface area contributed by atoms with E-state index in [0.29, 0.717) is 5.88 Å². The number of halogens is 1. The van der Waals surface area contributed by atoms with Crippen molar-refractivity contribution in [2.45, 2.75) is 38.6 Å². The fourth-order valence-electron chi connectivity index (χ4n) is 1.10. The Balaban J connectivity index is 2.87. The van der Waals surface area contributed by atoms with E-state index in [0.717, 1.165) is 17.9 Å². The lowest BCUT2D eigenvalue weighted by atomic mass is 10.0. The molecular weight excluding hydrogens is 210 g/mol. The third-order valence-corrected chi connectivity index (χ3v) is 3.23. The van der Waals surface area contributed by atoms with Gasteiger partial charge in [-0.05, 0) is 20.3 Å². The molecule has 0 radical (unpaired) electrons. The number of alkyl halides is 1. The number of hydrogen-bond donors (Lipinski definition) is 0. The molecule has 0 spiro atoms. The molecule has 0 atom stereocenters. The Hall–Kier alpha value is -0.830. The topological polar surface area (TPSA) is 29.0 Å². The molecule has 3 nitrogen and oxygen atoms in total. The Morgan fingerprint density at radius 3 is 2.27 bits per heavy atom. The van der Waals surface area contributed by atoms with E-state index in [9.17, 15) is 0 Å². The van der Waals surface area contributed by atoms with E-state index in [4.69, 9.17) is 11.6 Å². The van der Waals surface area contributed by atoms with Gasteiger partial charge in [-0.3, -0.25) is 0 Å². The third kappa shape index (κ3) is 2.81. The van der Waals surface area contributed by atoms with Crippen molar-refractivity contribution in [1.82, 2.24) is 9.97 Å². The molecule has 0 aliphatic rings. The number of nitrogens with zero attached hydrogens (tertiary/aromatic N) is 3. The summed E-state index contributed by atoms with van der Waals surface area (Å²) in [6, 6.07) is 0. The Labute approximate surface area is 96.5 Å². The highest BCUT2D eigenvalue weighted by Gasteiger charge is 2.23. The largest absolute Gasteiger partial charge is 0.339 e. The van der Waals surface area contributed by atoms with Gasteiger partial charge in [-0.15, -0.1) is 11.6 Å². The molecule has 1 aromatic rings. The molecule has 0 bridgehead atoms. The average Bonchev–Trinajstić information content (AvgIpc) is 2.28. The van der Waals surface area contributed by atoms with Crippen LogP contribution in [0.2, 0.25) is 0 Å². The van der Waals surface area contributed by atoms with Gasteiger partial charge in [0.1, 0.15) is 0 Å². The molecule has 4 heteroatoms. The SMILES string of the molecule is CCC(C)(C)N(C)c1ncc(CCl)cn1. The van der Waals surface area contributed by atoms with Crippen LogP contribution in [0.25, 0.3) is 0 Å². The summed E-state index contributed by atoms with van der Waals surface area (Å²) in [6.07, 6.45) is 4.60. The second kappa shape index (κ2) is 4.79. The lowest BCUT2D eigenvalue weighted by molar-refractivity contribution is 0.463. The Morgan fingerprint density at radius 1 is 1.33 bits per heavy atom. The van der Waals surface area contributed by atoms with E-state index in [2.05, 4.69) is 35.6 Å². The molecule has 0 saturated heterocycles. The van der Waals surface area contributed by atoms with Crippen molar-refractivity contribution in [2.75, 3.05) is 11.9 Å². The van der Waals surface area contributed by atoms with Gasteiger partial charge in [0.25, 0.3) is 0 Å². The molecule has 0 aliphatic carbocycles. The van der Waals surface area contributed by atoms with E-state index in [1.165, 1.54) is 0 Å². The van der Waals surface area contributed by atoms with E-state index in [1.807, 2.05) is 7.05 Å². The highest BCUT2D eigenvalue weighted by atomic mass is 35.5. The predicted octanol–water partition coefficient (Wildman–Crippen LogP) is 2.84. The van der Waals surface area contributed by atoms with Gasteiger partial charge in [0, 0.05) is 30.5 Å². The van der Waals surface area contributed by atoms with Crippen molar-refractivity contribution < 1.29 is 0 Å². The summed E-state index contributed by atoms with van der Waals surface area (Å²) < 4.78 is 0. The summed E-state index contributed by atoms with van der Waals surface area (Å²) in [6.45, 7) is 6.50. The summed E-state index contributed by atoms with van der Waals surface area (Å²) in [7, 11) is 2.01. The molecule has 0 N–H and O–H groups in total. The first kappa shape index (κ1) is 12.2. The maximum absolute atomic E-state index is 5.68. The normalized spacial score (nSPS) is 11.5. The number of hydrogen-bond acceptors (Lipinski definition) is 3. The van der Waals surface area contributed by atoms with Gasteiger partial charge in [-0.25, -0.2) is 9.97 Å². The van der Waals surface area contributed by atoms with Crippen molar-refractivity contribution in [3.05, 3.63) is 18.0 Å². The van der Waals surface area contributed by atoms with E-state index in [1.54, 1.807) is 12.4 Å². The first-order chi connectivity index (χ1) is 7.01.